The van der Waals surface area contributed by atoms with E-state index in [1.54, 1.807) is 0 Å². The number of benzene rings is 1. The Morgan fingerprint density at radius 3 is 2.54 bits per heavy atom. The van der Waals surface area contributed by atoms with Gasteiger partial charge in [0, 0.05) is 42.6 Å². The maximum atomic E-state index is 12.5. The standard InChI is InChI=1S/C18H24N4OS/c1-13(2)16-20-18(24-21-16)19-12-14-6-8-15(9-7-14)17(23)22-10-4-3-5-11-22/h6-9,13H,3-5,10-12H2,1-2H3,(H,19,20,21). The second-order valence-corrected chi connectivity index (χ2v) is 7.27. The molecule has 128 valence electrons. The van der Waals surface area contributed by atoms with Crippen LogP contribution in [0.25, 0.3) is 0 Å². The number of hydrogen-bond donors (Lipinski definition) is 1. The highest BCUT2D eigenvalue weighted by molar-refractivity contribution is 7.09. The fraction of sp³-hybridized carbons (Fsp3) is 0.500. The van der Waals surface area contributed by atoms with E-state index >= 15 is 0 Å². The van der Waals surface area contributed by atoms with Crippen molar-refractivity contribution in [1.82, 2.24) is 14.3 Å². The summed E-state index contributed by atoms with van der Waals surface area (Å²) in [7, 11) is 0. The molecule has 0 unspecified atom stereocenters. The van der Waals surface area contributed by atoms with Gasteiger partial charge in [0.1, 0.15) is 5.82 Å². The number of piperidine rings is 1. The molecule has 0 bridgehead atoms. The number of rotatable bonds is 5. The van der Waals surface area contributed by atoms with E-state index in [0.717, 1.165) is 48.0 Å². The summed E-state index contributed by atoms with van der Waals surface area (Å²) in [6.07, 6.45) is 3.47. The fourth-order valence-electron chi connectivity index (χ4n) is 2.76. The normalized spacial score (nSPS) is 14.9. The molecule has 1 aliphatic heterocycles. The minimum Gasteiger partial charge on any atom is -0.356 e. The highest BCUT2D eigenvalue weighted by Crippen LogP contribution is 2.18. The van der Waals surface area contributed by atoms with Gasteiger partial charge in [-0.3, -0.25) is 4.79 Å². The molecule has 3 rings (SSSR count). The van der Waals surface area contributed by atoms with E-state index in [1.807, 2.05) is 29.2 Å². The van der Waals surface area contributed by atoms with Crippen molar-refractivity contribution in [2.75, 3.05) is 18.4 Å². The zero-order chi connectivity index (χ0) is 16.9. The number of hydrogen-bond acceptors (Lipinski definition) is 5. The molecule has 2 aromatic rings. The Labute approximate surface area is 147 Å². The number of carbonyl (C=O) groups is 1. The summed E-state index contributed by atoms with van der Waals surface area (Å²) in [5, 5.41) is 4.14. The first kappa shape index (κ1) is 16.9. The van der Waals surface area contributed by atoms with Gasteiger partial charge in [-0.2, -0.15) is 4.37 Å². The van der Waals surface area contributed by atoms with E-state index in [1.165, 1.54) is 18.0 Å². The van der Waals surface area contributed by atoms with Crippen LogP contribution in [0.2, 0.25) is 0 Å². The minimum atomic E-state index is 0.153. The van der Waals surface area contributed by atoms with Crippen LogP contribution in [0, 0.1) is 0 Å². The Balaban J connectivity index is 1.56. The van der Waals surface area contributed by atoms with Gasteiger partial charge in [0.15, 0.2) is 0 Å². The van der Waals surface area contributed by atoms with Crippen molar-refractivity contribution in [2.24, 2.45) is 0 Å². The maximum Gasteiger partial charge on any atom is 0.253 e. The molecule has 1 aliphatic rings. The van der Waals surface area contributed by atoms with E-state index in [9.17, 15) is 4.79 Å². The molecule has 1 aromatic heterocycles. The van der Waals surface area contributed by atoms with Gasteiger partial charge in [0.05, 0.1) is 0 Å². The lowest BCUT2D eigenvalue weighted by Gasteiger charge is -2.26. The van der Waals surface area contributed by atoms with Crippen LogP contribution in [0.4, 0.5) is 5.13 Å². The lowest BCUT2D eigenvalue weighted by Crippen LogP contribution is -2.35. The van der Waals surface area contributed by atoms with Crippen LogP contribution in [-0.2, 0) is 6.54 Å². The van der Waals surface area contributed by atoms with Gasteiger partial charge >= 0.3 is 0 Å². The molecule has 5 nitrogen and oxygen atoms in total. The zero-order valence-corrected chi connectivity index (χ0v) is 15.1. The number of nitrogens with one attached hydrogen (secondary N) is 1. The van der Waals surface area contributed by atoms with Crippen molar-refractivity contribution in [3.05, 3.63) is 41.2 Å². The number of aromatic nitrogens is 2. The quantitative estimate of drug-likeness (QED) is 0.894. The van der Waals surface area contributed by atoms with Gasteiger partial charge in [-0.15, -0.1) is 0 Å². The molecule has 1 N–H and O–H groups in total. The van der Waals surface area contributed by atoms with Crippen molar-refractivity contribution in [3.8, 4) is 0 Å². The molecule has 1 fully saturated rings. The summed E-state index contributed by atoms with van der Waals surface area (Å²) in [5.41, 5.74) is 1.91. The van der Waals surface area contributed by atoms with Crippen molar-refractivity contribution in [3.63, 3.8) is 0 Å². The van der Waals surface area contributed by atoms with Crippen LogP contribution < -0.4 is 5.32 Å². The summed E-state index contributed by atoms with van der Waals surface area (Å²) < 4.78 is 4.33. The average Bonchev–Trinajstić information content (AvgIpc) is 3.10. The molecule has 0 radical (unpaired) electrons. The van der Waals surface area contributed by atoms with E-state index in [0.29, 0.717) is 12.5 Å². The van der Waals surface area contributed by atoms with Crippen molar-refractivity contribution < 1.29 is 4.79 Å². The lowest BCUT2D eigenvalue weighted by atomic mass is 10.1. The first-order valence-corrected chi connectivity index (χ1v) is 9.36. The number of anilines is 1. The third-order valence-corrected chi connectivity index (χ3v) is 4.93. The smallest absolute Gasteiger partial charge is 0.253 e. The Bertz CT molecular complexity index is 675. The molecule has 6 heteroatoms. The third-order valence-electron chi connectivity index (χ3n) is 4.25. The zero-order valence-electron chi connectivity index (χ0n) is 14.3. The Kier molecular flexibility index (Phi) is 5.45. The molecule has 0 aliphatic carbocycles. The van der Waals surface area contributed by atoms with Crippen LogP contribution in [0.5, 0.6) is 0 Å². The number of amides is 1. The minimum absolute atomic E-state index is 0.153. The first-order chi connectivity index (χ1) is 11.6. The molecule has 1 aromatic carbocycles. The highest BCUT2D eigenvalue weighted by Gasteiger charge is 2.17. The summed E-state index contributed by atoms with van der Waals surface area (Å²) in [5.74, 6) is 1.38. The van der Waals surface area contributed by atoms with Crippen LogP contribution in [0.3, 0.4) is 0 Å². The molecule has 0 atom stereocenters. The fourth-order valence-corrected chi connectivity index (χ4v) is 3.47. The van der Waals surface area contributed by atoms with Gasteiger partial charge in [0.2, 0.25) is 5.13 Å². The molecule has 24 heavy (non-hydrogen) atoms. The Morgan fingerprint density at radius 1 is 1.21 bits per heavy atom. The van der Waals surface area contributed by atoms with E-state index in [-0.39, 0.29) is 5.91 Å². The van der Waals surface area contributed by atoms with Gasteiger partial charge < -0.3 is 10.2 Å². The molecule has 0 saturated carbocycles. The second kappa shape index (κ2) is 7.75. The van der Waals surface area contributed by atoms with Crippen molar-refractivity contribution in [2.45, 2.75) is 45.6 Å². The summed E-state index contributed by atoms with van der Waals surface area (Å²) in [6.45, 7) is 6.63. The van der Waals surface area contributed by atoms with Crippen LogP contribution in [0.1, 0.15) is 60.8 Å². The molecule has 2 heterocycles. The lowest BCUT2D eigenvalue weighted by molar-refractivity contribution is 0.0724. The highest BCUT2D eigenvalue weighted by atomic mass is 32.1. The predicted molar refractivity (Wildman–Crippen MR) is 97.5 cm³/mol. The largest absolute Gasteiger partial charge is 0.356 e. The number of carbonyl (C=O) groups excluding carboxylic acids is 1. The van der Waals surface area contributed by atoms with Gasteiger partial charge in [0.25, 0.3) is 5.91 Å². The first-order valence-electron chi connectivity index (χ1n) is 8.59. The van der Waals surface area contributed by atoms with Gasteiger partial charge in [-0.05, 0) is 37.0 Å². The Morgan fingerprint density at radius 2 is 1.92 bits per heavy atom. The number of likely N-dealkylation sites (tertiary alicyclic amines) is 1. The van der Waals surface area contributed by atoms with Crippen LogP contribution >= 0.6 is 11.5 Å². The van der Waals surface area contributed by atoms with Crippen LogP contribution in [-0.4, -0.2) is 33.3 Å². The summed E-state index contributed by atoms with van der Waals surface area (Å²) in [6, 6.07) is 7.87. The molecule has 1 amide bonds. The monoisotopic (exact) mass is 344 g/mol. The molecule has 1 saturated heterocycles. The third kappa shape index (κ3) is 4.12. The van der Waals surface area contributed by atoms with Gasteiger partial charge in [-0.1, -0.05) is 26.0 Å². The number of nitrogens with zero attached hydrogens (tertiary/aromatic N) is 3. The van der Waals surface area contributed by atoms with E-state index in [2.05, 4.69) is 28.5 Å². The van der Waals surface area contributed by atoms with Crippen molar-refractivity contribution >= 4 is 22.6 Å². The average molecular weight is 344 g/mol. The van der Waals surface area contributed by atoms with Gasteiger partial charge in [-0.25, -0.2) is 4.98 Å². The Hall–Kier alpha value is -1.95. The van der Waals surface area contributed by atoms with E-state index in [4.69, 9.17) is 0 Å². The maximum absolute atomic E-state index is 12.5. The molecule has 0 spiro atoms. The molecular weight excluding hydrogens is 320 g/mol. The molecular formula is C18H24N4OS. The predicted octanol–water partition coefficient (Wildman–Crippen LogP) is 3.90. The van der Waals surface area contributed by atoms with Crippen molar-refractivity contribution in [1.29, 1.82) is 0 Å². The van der Waals surface area contributed by atoms with E-state index < -0.39 is 0 Å². The van der Waals surface area contributed by atoms with Crippen LogP contribution in [0.15, 0.2) is 24.3 Å². The topological polar surface area (TPSA) is 58.1 Å². The summed E-state index contributed by atoms with van der Waals surface area (Å²) >= 11 is 1.39. The summed E-state index contributed by atoms with van der Waals surface area (Å²) in [4.78, 5) is 18.9. The second-order valence-electron chi connectivity index (χ2n) is 6.52. The SMILES string of the molecule is CC(C)c1nsc(NCc2ccc(C(=O)N3CCCCC3)cc2)n1.